The molecule has 0 heterocycles. The molecule has 0 bridgehead atoms. The molecule has 0 aromatic heterocycles. The van der Waals surface area contributed by atoms with Gasteiger partial charge in [-0.25, -0.2) is 12.8 Å². The van der Waals surface area contributed by atoms with Gasteiger partial charge in [0.1, 0.15) is 11.6 Å². The topological polar surface area (TPSA) is 81.4 Å². The summed E-state index contributed by atoms with van der Waals surface area (Å²) < 4.78 is 45.0. The second-order valence-corrected chi connectivity index (χ2v) is 5.98. The average molecular weight is 310 g/mol. The lowest BCUT2D eigenvalue weighted by molar-refractivity contribution is 0.413. The summed E-state index contributed by atoms with van der Waals surface area (Å²) in [6.07, 6.45) is 0. The zero-order valence-corrected chi connectivity index (χ0v) is 12.2. The Bertz CT molecular complexity index is 730. The minimum atomic E-state index is -3.78. The normalized spacial score (nSPS) is 11.2. The van der Waals surface area contributed by atoms with Crippen LogP contribution in [0.5, 0.6) is 5.75 Å². The Morgan fingerprint density at radius 3 is 2.43 bits per heavy atom. The van der Waals surface area contributed by atoms with Gasteiger partial charge in [0.05, 0.1) is 17.7 Å². The van der Waals surface area contributed by atoms with Gasteiger partial charge in [-0.15, -0.1) is 0 Å². The molecule has 0 aliphatic rings. The second-order valence-electron chi connectivity index (χ2n) is 4.30. The van der Waals surface area contributed by atoms with Crippen molar-refractivity contribution < 1.29 is 17.5 Å². The highest BCUT2D eigenvalue weighted by Gasteiger charge is 2.16. The number of anilines is 1. The molecule has 0 unspecified atom stereocenters. The van der Waals surface area contributed by atoms with Crippen molar-refractivity contribution in [2.24, 2.45) is 5.73 Å². The molecule has 2 aromatic carbocycles. The summed E-state index contributed by atoms with van der Waals surface area (Å²) in [5.74, 6) is -0.403. The number of hydrogen-bond donors (Lipinski definition) is 2. The molecule has 0 spiro atoms. The highest BCUT2D eigenvalue weighted by atomic mass is 32.2. The number of nitrogens with two attached hydrogens (primary N) is 1. The minimum absolute atomic E-state index is 0.0890. The van der Waals surface area contributed by atoms with Crippen LogP contribution in [0.4, 0.5) is 10.1 Å². The van der Waals surface area contributed by atoms with E-state index < -0.39 is 15.8 Å². The van der Waals surface area contributed by atoms with E-state index in [-0.39, 0.29) is 16.3 Å². The molecule has 0 amide bonds. The number of methoxy groups -OCH3 is 1. The van der Waals surface area contributed by atoms with Crippen LogP contribution in [0.25, 0.3) is 0 Å². The predicted octanol–water partition coefficient (Wildman–Crippen LogP) is 2.09. The molecule has 7 heteroatoms. The first-order valence-corrected chi connectivity index (χ1v) is 7.60. The van der Waals surface area contributed by atoms with Crippen LogP contribution in [0.15, 0.2) is 47.4 Å². The van der Waals surface area contributed by atoms with E-state index in [2.05, 4.69) is 4.72 Å². The van der Waals surface area contributed by atoms with Crippen molar-refractivity contribution in [3.63, 3.8) is 0 Å². The molecule has 0 saturated heterocycles. The number of rotatable bonds is 5. The summed E-state index contributed by atoms with van der Waals surface area (Å²) in [6, 6.07) is 9.75. The standard InChI is InChI=1S/C14H15FN2O3S/c1-20-14-8-11(15)4-7-13(14)17-21(18,19)12-5-2-10(9-16)3-6-12/h2-8,17H,9,16H2,1H3. The third-order valence-corrected chi connectivity index (χ3v) is 4.26. The fraction of sp³-hybridized carbons (Fsp3) is 0.143. The van der Waals surface area contributed by atoms with Crippen LogP contribution in [-0.2, 0) is 16.6 Å². The van der Waals surface area contributed by atoms with E-state index in [1.165, 1.54) is 25.3 Å². The molecular weight excluding hydrogens is 295 g/mol. The monoisotopic (exact) mass is 310 g/mol. The maximum atomic E-state index is 13.1. The maximum absolute atomic E-state index is 13.1. The van der Waals surface area contributed by atoms with Gasteiger partial charge in [-0.2, -0.15) is 0 Å². The van der Waals surface area contributed by atoms with Gasteiger partial charge in [-0.1, -0.05) is 12.1 Å². The fourth-order valence-electron chi connectivity index (χ4n) is 1.76. The van der Waals surface area contributed by atoms with Crippen LogP contribution in [0, 0.1) is 5.82 Å². The van der Waals surface area contributed by atoms with Gasteiger partial charge in [0.2, 0.25) is 0 Å². The molecule has 2 rings (SSSR count). The van der Waals surface area contributed by atoms with E-state index in [9.17, 15) is 12.8 Å². The smallest absolute Gasteiger partial charge is 0.262 e. The molecule has 0 atom stereocenters. The minimum Gasteiger partial charge on any atom is -0.494 e. The van der Waals surface area contributed by atoms with E-state index in [0.29, 0.717) is 6.54 Å². The largest absolute Gasteiger partial charge is 0.494 e. The summed E-state index contributed by atoms with van der Waals surface area (Å²) in [6.45, 7) is 0.333. The summed E-state index contributed by atoms with van der Waals surface area (Å²) in [4.78, 5) is 0.0890. The summed E-state index contributed by atoms with van der Waals surface area (Å²) in [5.41, 5.74) is 6.46. The van der Waals surface area contributed by atoms with E-state index >= 15 is 0 Å². The Hall–Kier alpha value is -2.12. The predicted molar refractivity (Wildman–Crippen MR) is 78.1 cm³/mol. The number of ether oxygens (including phenoxy) is 1. The van der Waals surface area contributed by atoms with Gasteiger partial charge < -0.3 is 10.5 Å². The number of sulfonamides is 1. The zero-order valence-electron chi connectivity index (χ0n) is 11.3. The fourth-order valence-corrected chi connectivity index (χ4v) is 2.83. The van der Waals surface area contributed by atoms with E-state index in [0.717, 1.165) is 17.7 Å². The van der Waals surface area contributed by atoms with Gasteiger partial charge in [-0.05, 0) is 29.8 Å². The first-order valence-electron chi connectivity index (χ1n) is 6.11. The number of nitrogens with one attached hydrogen (secondary N) is 1. The van der Waals surface area contributed by atoms with Crippen molar-refractivity contribution in [1.82, 2.24) is 0 Å². The first-order chi connectivity index (χ1) is 9.96. The van der Waals surface area contributed by atoms with Crippen LogP contribution < -0.4 is 15.2 Å². The molecular formula is C14H15FN2O3S. The van der Waals surface area contributed by atoms with Crippen molar-refractivity contribution >= 4 is 15.7 Å². The summed E-state index contributed by atoms with van der Waals surface area (Å²) >= 11 is 0. The zero-order chi connectivity index (χ0) is 15.5. The lowest BCUT2D eigenvalue weighted by atomic mass is 10.2. The summed E-state index contributed by atoms with van der Waals surface area (Å²) in [7, 11) is -2.44. The van der Waals surface area contributed by atoms with Crippen LogP contribution >= 0.6 is 0 Å². The lowest BCUT2D eigenvalue weighted by Gasteiger charge is -2.12. The molecule has 0 saturated carbocycles. The Morgan fingerprint density at radius 2 is 1.86 bits per heavy atom. The van der Waals surface area contributed by atoms with Gasteiger partial charge in [0.15, 0.2) is 0 Å². The molecule has 2 aromatic rings. The molecule has 0 aliphatic carbocycles. The Balaban J connectivity index is 2.32. The Morgan fingerprint density at radius 1 is 1.19 bits per heavy atom. The van der Waals surface area contributed by atoms with Crippen molar-refractivity contribution in [3.8, 4) is 5.75 Å². The van der Waals surface area contributed by atoms with E-state index in [4.69, 9.17) is 10.5 Å². The highest BCUT2D eigenvalue weighted by molar-refractivity contribution is 7.92. The van der Waals surface area contributed by atoms with Crippen molar-refractivity contribution in [2.45, 2.75) is 11.4 Å². The van der Waals surface area contributed by atoms with Crippen LogP contribution in [-0.4, -0.2) is 15.5 Å². The van der Waals surface area contributed by atoms with Crippen molar-refractivity contribution in [2.75, 3.05) is 11.8 Å². The molecule has 21 heavy (non-hydrogen) atoms. The second kappa shape index (κ2) is 6.11. The quantitative estimate of drug-likeness (QED) is 0.886. The van der Waals surface area contributed by atoms with Gasteiger partial charge >= 0.3 is 0 Å². The van der Waals surface area contributed by atoms with Gasteiger partial charge in [0, 0.05) is 12.6 Å². The van der Waals surface area contributed by atoms with E-state index in [1.54, 1.807) is 12.1 Å². The average Bonchev–Trinajstić information content (AvgIpc) is 2.49. The van der Waals surface area contributed by atoms with Crippen LogP contribution in [0.2, 0.25) is 0 Å². The number of hydrogen-bond acceptors (Lipinski definition) is 4. The Kier molecular flexibility index (Phi) is 4.44. The third kappa shape index (κ3) is 3.50. The molecule has 0 fully saturated rings. The van der Waals surface area contributed by atoms with Crippen LogP contribution in [0.3, 0.4) is 0 Å². The molecule has 0 aliphatic heterocycles. The molecule has 0 radical (unpaired) electrons. The SMILES string of the molecule is COc1cc(F)ccc1NS(=O)(=O)c1ccc(CN)cc1. The van der Waals surface area contributed by atoms with Gasteiger partial charge in [0.25, 0.3) is 10.0 Å². The van der Waals surface area contributed by atoms with Crippen LogP contribution in [0.1, 0.15) is 5.56 Å². The lowest BCUT2D eigenvalue weighted by Crippen LogP contribution is -2.14. The first kappa shape index (κ1) is 15.3. The van der Waals surface area contributed by atoms with Gasteiger partial charge in [-0.3, -0.25) is 4.72 Å². The highest BCUT2D eigenvalue weighted by Crippen LogP contribution is 2.27. The summed E-state index contributed by atoms with van der Waals surface area (Å²) in [5, 5.41) is 0. The maximum Gasteiger partial charge on any atom is 0.262 e. The number of benzene rings is 2. The van der Waals surface area contributed by atoms with Crippen molar-refractivity contribution in [3.05, 3.63) is 53.8 Å². The van der Waals surface area contributed by atoms with Crippen molar-refractivity contribution in [1.29, 1.82) is 0 Å². The molecule has 3 N–H and O–H groups in total. The third-order valence-electron chi connectivity index (χ3n) is 2.88. The molecule has 112 valence electrons. The molecule has 5 nitrogen and oxygen atoms in total. The number of halogens is 1. The Labute approximate surface area is 122 Å². The van der Waals surface area contributed by atoms with E-state index in [1.807, 2.05) is 0 Å².